The van der Waals surface area contributed by atoms with Crippen molar-refractivity contribution in [3.8, 4) is 11.4 Å². The zero-order valence-electron chi connectivity index (χ0n) is 24.9. The van der Waals surface area contributed by atoms with Gasteiger partial charge in [-0.3, -0.25) is 0 Å². The van der Waals surface area contributed by atoms with Crippen molar-refractivity contribution in [2.75, 3.05) is 4.90 Å². The number of nitrogens with zero attached hydrogens (tertiary/aromatic N) is 3. The Morgan fingerprint density at radius 2 is 0.913 bits per heavy atom. The molecule has 3 nitrogen and oxygen atoms in total. The van der Waals surface area contributed by atoms with Crippen LogP contribution in [-0.4, -0.2) is 15.8 Å². The second-order valence-corrected chi connectivity index (χ2v) is 12.5. The van der Waals surface area contributed by atoms with E-state index in [1.165, 1.54) is 77.1 Å². The lowest BCUT2D eigenvalue weighted by Gasteiger charge is -2.40. The molecular weight excluding hydrogens is 557 g/mol. The molecule has 9 aromatic rings. The van der Waals surface area contributed by atoms with Crippen molar-refractivity contribution in [3.05, 3.63) is 158 Å². The van der Waals surface area contributed by atoms with E-state index in [1.54, 1.807) is 0 Å². The molecule has 11 rings (SSSR count). The third-order valence-electron chi connectivity index (χ3n) is 10.3. The first kappa shape index (κ1) is 24.3. The van der Waals surface area contributed by atoms with E-state index in [4.69, 9.17) is 0 Å². The number of fused-ring (bicyclic) bond motifs is 10. The molecule has 0 amide bonds. The number of hydrogen-bond acceptors (Lipinski definition) is 1. The smallest absolute Gasteiger partial charge is 0.252 e. The number of anilines is 3. The fourth-order valence-corrected chi connectivity index (χ4v) is 8.53. The number of benzene rings is 7. The summed E-state index contributed by atoms with van der Waals surface area (Å²) in [4.78, 5) is 2.48. The Morgan fingerprint density at radius 3 is 1.65 bits per heavy atom. The predicted octanol–water partition coefficient (Wildman–Crippen LogP) is 8.49. The molecule has 0 bridgehead atoms. The van der Waals surface area contributed by atoms with Crippen LogP contribution in [0.1, 0.15) is 0 Å². The summed E-state index contributed by atoms with van der Waals surface area (Å²) in [5, 5.41) is 5.14. The summed E-state index contributed by atoms with van der Waals surface area (Å²) < 4.78 is 5.01. The number of rotatable bonds is 2. The third-order valence-corrected chi connectivity index (χ3v) is 10.3. The van der Waals surface area contributed by atoms with E-state index in [0.29, 0.717) is 0 Å². The molecule has 212 valence electrons. The molecule has 7 aromatic carbocycles. The second kappa shape index (κ2) is 8.80. The molecule has 2 aliphatic heterocycles. The van der Waals surface area contributed by atoms with Crippen LogP contribution in [0.2, 0.25) is 0 Å². The maximum atomic E-state index is 2.55. The molecule has 4 heterocycles. The van der Waals surface area contributed by atoms with E-state index in [9.17, 15) is 0 Å². The van der Waals surface area contributed by atoms with Crippen molar-refractivity contribution in [2.24, 2.45) is 0 Å². The van der Waals surface area contributed by atoms with Crippen LogP contribution < -0.4 is 21.3 Å². The Labute approximate surface area is 266 Å². The largest absolute Gasteiger partial charge is 0.311 e. The quantitative estimate of drug-likeness (QED) is 0.186. The average Bonchev–Trinajstić information content (AvgIpc) is 3.64. The summed E-state index contributed by atoms with van der Waals surface area (Å²) in [6, 6.07) is 58.2. The second-order valence-electron chi connectivity index (χ2n) is 12.5. The lowest BCUT2D eigenvalue weighted by molar-refractivity contribution is 1.13. The fraction of sp³-hybridized carbons (Fsp3) is 0. The highest BCUT2D eigenvalue weighted by Gasteiger charge is 2.42. The van der Waals surface area contributed by atoms with Gasteiger partial charge < -0.3 is 14.0 Å². The Hall–Kier alpha value is -6.00. The highest BCUT2D eigenvalue weighted by Crippen LogP contribution is 2.43. The van der Waals surface area contributed by atoms with Gasteiger partial charge in [-0.05, 0) is 64.9 Å². The minimum absolute atomic E-state index is 0.119. The first-order chi connectivity index (χ1) is 22.9. The Bertz CT molecular complexity index is 2660. The van der Waals surface area contributed by atoms with Crippen molar-refractivity contribution in [1.29, 1.82) is 0 Å². The van der Waals surface area contributed by atoms with Crippen LogP contribution in [-0.2, 0) is 0 Å². The van der Waals surface area contributed by atoms with Gasteiger partial charge in [0.2, 0.25) is 0 Å². The summed E-state index contributed by atoms with van der Waals surface area (Å²) in [7, 11) is 0. The van der Waals surface area contributed by atoms with E-state index < -0.39 is 0 Å². The van der Waals surface area contributed by atoms with Crippen LogP contribution in [0, 0.1) is 0 Å². The maximum Gasteiger partial charge on any atom is 0.252 e. The van der Waals surface area contributed by atoms with Crippen LogP contribution in [0.5, 0.6) is 0 Å². The molecule has 46 heavy (non-hydrogen) atoms. The zero-order chi connectivity index (χ0) is 29.9. The van der Waals surface area contributed by atoms with Crippen molar-refractivity contribution >= 4 is 83.8 Å². The molecule has 0 atom stereocenters. The molecule has 0 aliphatic carbocycles. The number of hydrogen-bond donors (Lipinski definition) is 0. The summed E-state index contributed by atoms with van der Waals surface area (Å²) >= 11 is 0. The molecule has 0 N–H and O–H groups in total. The topological polar surface area (TPSA) is 13.1 Å². The summed E-state index contributed by atoms with van der Waals surface area (Å²) in [6.45, 7) is 0.119. The van der Waals surface area contributed by atoms with Crippen LogP contribution >= 0.6 is 0 Å². The maximum absolute atomic E-state index is 2.55. The number of para-hydroxylation sites is 6. The van der Waals surface area contributed by atoms with Crippen LogP contribution in [0.25, 0.3) is 55.0 Å². The van der Waals surface area contributed by atoms with Gasteiger partial charge in [-0.2, -0.15) is 0 Å². The Kier molecular flexibility index (Phi) is 4.66. The first-order valence-corrected chi connectivity index (χ1v) is 16.0. The van der Waals surface area contributed by atoms with Crippen LogP contribution in [0.3, 0.4) is 0 Å². The summed E-state index contributed by atoms with van der Waals surface area (Å²) in [6.07, 6.45) is 0. The van der Waals surface area contributed by atoms with Gasteiger partial charge >= 0.3 is 0 Å². The molecular formula is C42H26BN3. The monoisotopic (exact) mass is 583 g/mol. The molecule has 0 fully saturated rings. The van der Waals surface area contributed by atoms with Crippen molar-refractivity contribution in [2.45, 2.75) is 0 Å². The van der Waals surface area contributed by atoms with E-state index in [0.717, 1.165) is 11.4 Å². The molecule has 2 aliphatic rings. The normalized spacial score (nSPS) is 13.1. The molecule has 0 saturated heterocycles. The van der Waals surface area contributed by atoms with Crippen LogP contribution in [0.4, 0.5) is 17.1 Å². The molecule has 4 heteroatoms. The van der Waals surface area contributed by atoms with Gasteiger partial charge in [0.05, 0.1) is 22.2 Å². The third kappa shape index (κ3) is 2.99. The van der Waals surface area contributed by atoms with E-state index in [-0.39, 0.29) is 6.71 Å². The van der Waals surface area contributed by atoms with Gasteiger partial charge in [-0.25, -0.2) is 0 Å². The van der Waals surface area contributed by atoms with Crippen molar-refractivity contribution in [3.63, 3.8) is 0 Å². The molecule has 0 spiro atoms. The average molecular weight is 584 g/mol. The van der Waals surface area contributed by atoms with Gasteiger partial charge in [0.15, 0.2) is 0 Å². The summed E-state index contributed by atoms with van der Waals surface area (Å²) in [5.41, 5.74) is 15.1. The Morgan fingerprint density at radius 1 is 0.370 bits per heavy atom. The van der Waals surface area contributed by atoms with Crippen molar-refractivity contribution < 1.29 is 0 Å². The van der Waals surface area contributed by atoms with Crippen molar-refractivity contribution in [1.82, 2.24) is 9.13 Å². The Balaban J connectivity index is 1.36. The van der Waals surface area contributed by atoms with Gasteiger partial charge in [0.1, 0.15) is 0 Å². The lowest BCUT2D eigenvalue weighted by atomic mass is 9.34. The minimum atomic E-state index is 0.119. The highest BCUT2D eigenvalue weighted by atomic mass is 15.2. The van der Waals surface area contributed by atoms with Gasteiger partial charge in [0.25, 0.3) is 6.71 Å². The minimum Gasteiger partial charge on any atom is -0.311 e. The van der Waals surface area contributed by atoms with Crippen LogP contribution in [0.15, 0.2) is 158 Å². The predicted molar refractivity (Wildman–Crippen MR) is 194 cm³/mol. The molecule has 0 unspecified atom stereocenters. The summed E-state index contributed by atoms with van der Waals surface area (Å²) in [5.74, 6) is 0. The zero-order valence-corrected chi connectivity index (χ0v) is 24.9. The fourth-order valence-electron chi connectivity index (χ4n) is 8.53. The standard InChI is InChI=1S/C42H26BN3/c1-2-13-27(14-3-1)44-38-24-11-7-19-33(38)43-34-20-12-18-32-31-17-6-10-23-37(31)46(42(32)34)40-26-28(25-39(44)41(40)43)45-35-21-8-4-15-29(35)30-16-5-9-22-36(30)45/h1-26H. The molecule has 0 radical (unpaired) electrons. The van der Waals surface area contributed by atoms with E-state index >= 15 is 0 Å². The highest BCUT2D eigenvalue weighted by molar-refractivity contribution is 7.00. The lowest BCUT2D eigenvalue weighted by Crippen LogP contribution is -2.60. The number of aromatic nitrogens is 2. The van der Waals surface area contributed by atoms with Gasteiger partial charge in [-0.15, -0.1) is 0 Å². The van der Waals surface area contributed by atoms with E-state index in [1.807, 2.05) is 0 Å². The van der Waals surface area contributed by atoms with Gasteiger partial charge in [0, 0.05) is 49.8 Å². The molecule has 2 aromatic heterocycles. The van der Waals surface area contributed by atoms with Gasteiger partial charge in [-0.1, -0.05) is 109 Å². The van der Waals surface area contributed by atoms with E-state index in [2.05, 4.69) is 172 Å². The SMILES string of the molecule is c1ccc(N2c3ccccc3B3c4c2cc(-n2c5ccccc5c5ccccc52)cc4-n2c4ccccc4c4cccc3c42)cc1. The molecule has 0 saturated carbocycles. The first-order valence-electron chi connectivity index (χ1n) is 16.0.